The SMILES string of the molecule is Nc1ccc(C(=O)Nc2cccc(N3CCCC3)c2)nc1. The largest absolute Gasteiger partial charge is 0.397 e. The molecule has 3 rings (SSSR count). The van der Waals surface area contributed by atoms with Gasteiger partial charge in [0, 0.05) is 24.5 Å². The highest BCUT2D eigenvalue weighted by Crippen LogP contribution is 2.23. The molecular weight excluding hydrogens is 264 g/mol. The maximum Gasteiger partial charge on any atom is 0.274 e. The van der Waals surface area contributed by atoms with E-state index in [2.05, 4.69) is 21.3 Å². The van der Waals surface area contributed by atoms with Gasteiger partial charge in [0.05, 0.1) is 11.9 Å². The topological polar surface area (TPSA) is 71.2 Å². The van der Waals surface area contributed by atoms with Crippen LogP contribution in [0.15, 0.2) is 42.6 Å². The molecule has 3 N–H and O–H groups in total. The minimum absolute atomic E-state index is 0.228. The third-order valence-electron chi connectivity index (χ3n) is 3.59. The Morgan fingerprint density at radius 1 is 1.19 bits per heavy atom. The van der Waals surface area contributed by atoms with Gasteiger partial charge in [0.2, 0.25) is 0 Å². The molecule has 0 bridgehead atoms. The molecule has 0 atom stereocenters. The van der Waals surface area contributed by atoms with Gasteiger partial charge < -0.3 is 16.0 Å². The maximum absolute atomic E-state index is 12.1. The quantitative estimate of drug-likeness (QED) is 0.907. The molecule has 2 heterocycles. The predicted molar refractivity (Wildman–Crippen MR) is 84.5 cm³/mol. The lowest BCUT2D eigenvalue weighted by atomic mass is 10.2. The monoisotopic (exact) mass is 282 g/mol. The number of nitrogens with two attached hydrogens (primary N) is 1. The number of rotatable bonds is 3. The van der Waals surface area contributed by atoms with Gasteiger partial charge in [0.25, 0.3) is 5.91 Å². The van der Waals surface area contributed by atoms with E-state index in [4.69, 9.17) is 5.73 Å². The number of carbonyl (C=O) groups is 1. The van der Waals surface area contributed by atoms with Crippen molar-refractivity contribution in [2.75, 3.05) is 29.0 Å². The van der Waals surface area contributed by atoms with Crippen LogP contribution in [0.5, 0.6) is 0 Å². The number of nitrogens with zero attached hydrogens (tertiary/aromatic N) is 2. The van der Waals surface area contributed by atoms with Crippen LogP contribution in [0.25, 0.3) is 0 Å². The number of benzene rings is 1. The number of amides is 1. The molecule has 0 spiro atoms. The fourth-order valence-electron chi connectivity index (χ4n) is 2.49. The Balaban J connectivity index is 1.73. The molecular formula is C16H18N4O. The van der Waals surface area contributed by atoms with E-state index in [0.717, 1.165) is 24.5 Å². The van der Waals surface area contributed by atoms with Crippen LogP contribution in [0.2, 0.25) is 0 Å². The van der Waals surface area contributed by atoms with Crippen molar-refractivity contribution in [3.8, 4) is 0 Å². The van der Waals surface area contributed by atoms with E-state index in [1.54, 1.807) is 12.1 Å². The minimum Gasteiger partial charge on any atom is -0.397 e. The lowest BCUT2D eigenvalue weighted by Gasteiger charge is -2.18. The van der Waals surface area contributed by atoms with Crippen molar-refractivity contribution in [1.29, 1.82) is 0 Å². The standard InChI is InChI=1S/C16H18N4O/c17-12-6-7-15(18-11-12)16(21)19-13-4-3-5-14(10-13)20-8-1-2-9-20/h3-7,10-11H,1-2,8-9,17H2,(H,19,21). The Morgan fingerprint density at radius 2 is 2.00 bits per heavy atom. The summed E-state index contributed by atoms with van der Waals surface area (Å²) in [7, 11) is 0. The zero-order valence-corrected chi connectivity index (χ0v) is 11.7. The molecule has 21 heavy (non-hydrogen) atoms. The van der Waals surface area contributed by atoms with E-state index in [1.807, 2.05) is 18.2 Å². The average Bonchev–Trinajstić information content (AvgIpc) is 3.02. The van der Waals surface area contributed by atoms with E-state index in [9.17, 15) is 4.79 Å². The van der Waals surface area contributed by atoms with E-state index in [1.165, 1.54) is 19.0 Å². The van der Waals surface area contributed by atoms with Gasteiger partial charge in [0.15, 0.2) is 0 Å². The molecule has 1 aromatic carbocycles. The summed E-state index contributed by atoms with van der Waals surface area (Å²) in [5.41, 5.74) is 8.40. The second-order valence-electron chi connectivity index (χ2n) is 5.18. The highest BCUT2D eigenvalue weighted by Gasteiger charge is 2.13. The fourth-order valence-corrected chi connectivity index (χ4v) is 2.49. The summed E-state index contributed by atoms with van der Waals surface area (Å²) in [6, 6.07) is 11.2. The van der Waals surface area contributed by atoms with Gasteiger partial charge in [-0.05, 0) is 43.2 Å². The molecule has 108 valence electrons. The number of nitrogens with one attached hydrogen (secondary N) is 1. The van der Waals surface area contributed by atoms with Crippen molar-refractivity contribution in [3.63, 3.8) is 0 Å². The molecule has 1 aliphatic heterocycles. The van der Waals surface area contributed by atoms with Gasteiger partial charge in [-0.25, -0.2) is 4.98 Å². The average molecular weight is 282 g/mol. The highest BCUT2D eigenvalue weighted by atomic mass is 16.1. The summed E-state index contributed by atoms with van der Waals surface area (Å²) in [6.45, 7) is 2.16. The molecule has 0 saturated carbocycles. The van der Waals surface area contributed by atoms with Crippen LogP contribution in [0.3, 0.4) is 0 Å². The molecule has 5 nitrogen and oxygen atoms in total. The zero-order chi connectivity index (χ0) is 14.7. The van der Waals surface area contributed by atoms with E-state index < -0.39 is 0 Å². The summed E-state index contributed by atoms with van der Waals surface area (Å²) in [5, 5.41) is 2.87. The smallest absolute Gasteiger partial charge is 0.274 e. The van der Waals surface area contributed by atoms with E-state index in [-0.39, 0.29) is 5.91 Å². The van der Waals surface area contributed by atoms with Crippen LogP contribution in [-0.2, 0) is 0 Å². The van der Waals surface area contributed by atoms with Crippen LogP contribution >= 0.6 is 0 Å². The van der Waals surface area contributed by atoms with Gasteiger partial charge in [-0.3, -0.25) is 4.79 Å². The molecule has 1 aromatic heterocycles. The molecule has 1 amide bonds. The van der Waals surface area contributed by atoms with Crippen molar-refractivity contribution >= 4 is 23.0 Å². The van der Waals surface area contributed by atoms with Crippen LogP contribution in [0, 0.1) is 0 Å². The van der Waals surface area contributed by atoms with Gasteiger partial charge in [-0.2, -0.15) is 0 Å². The van der Waals surface area contributed by atoms with Crippen LogP contribution in [0.4, 0.5) is 17.1 Å². The molecule has 0 unspecified atom stereocenters. The second-order valence-corrected chi connectivity index (χ2v) is 5.18. The molecule has 1 saturated heterocycles. The number of aromatic nitrogens is 1. The lowest BCUT2D eigenvalue weighted by molar-refractivity contribution is 0.102. The van der Waals surface area contributed by atoms with Crippen molar-refractivity contribution in [2.45, 2.75) is 12.8 Å². The number of hydrogen-bond donors (Lipinski definition) is 2. The Labute approximate surface area is 123 Å². The third-order valence-corrected chi connectivity index (χ3v) is 3.59. The number of hydrogen-bond acceptors (Lipinski definition) is 4. The van der Waals surface area contributed by atoms with Crippen molar-refractivity contribution in [3.05, 3.63) is 48.3 Å². The van der Waals surface area contributed by atoms with Gasteiger partial charge in [-0.1, -0.05) is 6.07 Å². The van der Waals surface area contributed by atoms with Crippen molar-refractivity contribution in [2.24, 2.45) is 0 Å². The van der Waals surface area contributed by atoms with Crippen molar-refractivity contribution < 1.29 is 4.79 Å². The van der Waals surface area contributed by atoms with E-state index in [0.29, 0.717) is 11.4 Å². The Bertz CT molecular complexity index is 633. The first kappa shape index (κ1) is 13.4. The summed E-state index contributed by atoms with van der Waals surface area (Å²) >= 11 is 0. The Morgan fingerprint density at radius 3 is 2.71 bits per heavy atom. The molecule has 2 aromatic rings. The van der Waals surface area contributed by atoms with Crippen LogP contribution in [-0.4, -0.2) is 24.0 Å². The van der Waals surface area contributed by atoms with Gasteiger partial charge >= 0.3 is 0 Å². The summed E-state index contributed by atoms with van der Waals surface area (Å²) in [4.78, 5) is 18.5. The normalized spacial score (nSPS) is 14.2. The van der Waals surface area contributed by atoms with Gasteiger partial charge in [0.1, 0.15) is 5.69 Å². The van der Waals surface area contributed by atoms with Crippen LogP contribution < -0.4 is 16.0 Å². The molecule has 1 fully saturated rings. The number of pyridine rings is 1. The predicted octanol–water partition coefficient (Wildman–Crippen LogP) is 2.52. The highest BCUT2D eigenvalue weighted by molar-refractivity contribution is 6.03. The molecule has 0 radical (unpaired) electrons. The molecule has 0 aliphatic carbocycles. The van der Waals surface area contributed by atoms with Crippen molar-refractivity contribution in [1.82, 2.24) is 4.98 Å². The summed E-state index contributed by atoms with van der Waals surface area (Å²) in [6.07, 6.45) is 3.94. The number of anilines is 3. The fraction of sp³-hybridized carbons (Fsp3) is 0.250. The van der Waals surface area contributed by atoms with Crippen LogP contribution in [0.1, 0.15) is 23.3 Å². The Hall–Kier alpha value is -2.56. The zero-order valence-electron chi connectivity index (χ0n) is 11.7. The number of carbonyl (C=O) groups excluding carboxylic acids is 1. The van der Waals surface area contributed by atoms with Gasteiger partial charge in [-0.15, -0.1) is 0 Å². The summed E-state index contributed by atoms with van der Waals surface area (Å²) in [5.74, 6) is -0.228. The molecule has 5 heteroatoms. The summed E-state index contributed by atoms with van der Waals surface area (Å²) < 4.78 is 0. The minimum atomic E-state index is -0.228. The first-order valence-corrected chi connectivity index (χ1v) is 7.10. The lowest BCUT2D eigenvalue weighted by Crippen LogP contribution is -2.18. The third kappa shape index (κ3) is 3.13. The number of nitrogen functional groups attached to an aromatic ring is 1. The Kier molecular flexibility index (Phi) is 3.73. The first-order chi connectivity index (χ1) is 10.2. The first-order valence-electron chi connectivity index (χ1n) is 7.10. The maximum atomic E-state index is 12.1. The molecule has 1 aliphatic rings. The van der Waals surface area contributed by atoms with E-state index >= 15 is 0 Å². The second kappa shape index (κ2) is 5.83.